The SMILES string of the molecule is CBc1nsc(C)n1. The third-order valence-corrected chi connectivity index (χ3v) is 1.54. The summed E-state index contributed by atoms with van der Waals surface area (Å²) in [5.41, 5.74) is 0.965. The van der Waals surface area contributed by atoms with Crippen LogP contribution in [0.2, 0.25) is 6.82 Å². The van der Waals surface area contributed by atoms with Crippen LogP contribution in [0.25, 0.3) is 0 Å². The molecule has 0 fully saturated rings. The van der Waals surface area contributed by atoms with E-state index in [0.717, 1.165) is 18.0 Å². The Hall–Kier alpha value is -0.375. The molecule has 0 atom stereocenters. The maximum atomic E-state index is 4.14. The van der Waals surface area contributed by atoms with Crippen molar-refractivity contribution >= 4 is 24.5 Å². The molecule has 0 spiro atoms. The van der Waals surface area contributed by atoms with Gasteiger partial charge in [-0.25, -0.2) is 4.98 Å². The largest absolute Gasteiger partial charge is 0.236 e. The van der Waals surface area contributed by atoms with Gasteiger partial charge in [-0.2, -0.15) is 4.37 Å². The third kappa shape index (κ3) is 1.07. The molecule has 0 radical (unpaired) electrons. The molecule has 0 aliphatic heterocycles. The van der Waals surface area contributed by atoms with E-state index in [1.54, 1.807) is 0 Å². The summed E-state index contributed by atoms with van der Waals surface area (Å²) >= 11 is 1.47. The monoisotopic (exact) mass is 126 g/mol. The first-order chi connectivity index (χ1) is 3.83. The molecule has 42 valence electrons. The third-order valence-electron chi connectivity index (χ3n) is 0.886. The molecule has 0 aliphatic carbocycles. The lowest BCUT2D eigenvalue weighted by molar-refractivity contribution is 1.31. The molecule has 8 heavy (non-hydrogen) atoms. The fourth-order valence-corrected chi connectivity index (χ4v) is 1.04. The van der Waals surface area contributed by atoms with E-state index in [-0.39, 0.29) is 0 Å². The van der Waals surface area contributed by atoms with Gasteiger partial charge in [-0.1, -0.05) is 6.82 Å². The quantitative estimate of drug-likeness (QED) is 0.493. The number of nitrogens with zero attached hydrogens (tertiary/aromatic N) is 2. The molecule has 1 heterocycles. The smallest absolute Gasteiger partial charge is 0.205 e. The van der Waals surface area contributed by atoms with Crippen LogP contribution in [0.4, 0.5) is 0 Å². The van der Waals surface area contributed by atoms with E-state index >= 15 is 0 Å². The topological polar surface area (TPSA) is 25.8 Å². The van der Waals surface area contributed by atoms with Gasteiger partial charge in [0.25, 0.3) is 0 Å². The second-order valence-corrected chi connectivity index (χ2v) is 2.54. The molecule has 0 saturated carbocycles. The molecule has 1 aromatic rings. The first-order valence-corrected chi connectivity index (χ1v) is 3.39. The molecule has 1 rings (SSSR count). The van der Waals surface area contributed by atoms with Gasteiger partial charge in [-0.05, 0) is 18.5 Å². The Morgan fingerprint density at radius 2 is 2.38 bits per heavy atom. The van der Waals surface area contributed by atoms with Gasteiger partial charge in [-0.3, -0.25) is 0 Å². The van der Waals surface area contributed by atoms with Crippen LogP contribution in [0.15, 0.2) is 0 Å². The van der Waals surface area contributed by atoms with Gasteiger partial charge >= 0.3 is 0 Å². The number of rotatable bonds is 1. The Balaban J connectivity index is 2.84. The van der Waals surface area contributed by atoms with Crippen molar-refractivity contribution in [2.24, 2.45) is 0 Å². The average Bonchev–Trinajstić information content (AvgIpc) is 2.14. The zero-order valence-electron chi connectivity index (χ0n) is 5.01. The number of hydrogen-bond acceptors (Lipinski definition) is 3. The van der Waals surface area contributed by atoms with Gasteiger partial charge in [0.05, 0.1) is 5.72 Å². The van der Waals surface area contributed by atoms with Crippen molar-refractivity contribution in [1.82, 2.24) is 9.36 Å². The average molecular weight is 126 g/mol. The zero-order chi connectivity index (χ0) is 5.98. The van der Waals surface area contributed by atoms with Gasteiger partial charge in [0.1, 0.15) is 5.01 Å². The van der Waals surface area contributed by atoms with Crippen molar-refractivity contribution in [3.63, 3.8) is 0 Å². The highest BCUT2D eigenvalue weighted by Crippen LogP contribution is 1.91. The molecular weight excluding hydrogens is 119 g/mol. The van der Waals surface area contributed by atoms with Crippen molar-refractivity contribution in [3.05, 3.63) is 5.01 Å². The van der Waals surface area contributed by atoms with E-state index in [1.165, 1.54) is 11.5 Å². The number of hydrogen-bond donors (Lipinski definition) is 0. The molecule has 0 saturated heterocycles. The molecule has 0 amide bonds. The van der Waals surface area contributed by atoms with Crippen LogP contribution in [0, 0.1) is 6.92 Å². The second kappa shape index (κ2) is 2.26. The highest BCUT2D eigenvalue weighted by molar-refractivity contribution is 7.05. The highest BCUT2D eigenvalue weighted by atomic mass is 32.1. The van der Waals surface area contributed by atoms with Crippen LogP contribution in [0.1, 0.15) is 5.01 Å². The summed E-state index contributed by atoms with van der Waals surface area (Å²) in [5, 5.41) is 1.06. The summed E-state index contributed by atoms with van der Waals surface area (Å²) in [6, 6.07) is 0. The minimum Gasteiger partial charge on any atom is -0.236 e. The summed E-state index contributed by atoms with van der Waals surface area (Å²) in [4.78, 5) is 4.14. The van der Waals surface area contributed by atoms with Crippen LogP contribution in [-0.2, 0) is 0 Å². The van der Waals surface area contributed by atoms with Crippen molar-refractivity contribution in [3.8, 4) is 0 Å². The van der Waals surface area contributed by atoms with Crippen molar-refractivity contribution in [2.75, 3.05) is 0 Å². The van der Waals surface area contributed by atoms with E-state index in [4.69, 9.17) is 0 Å². The molecule has 0 bridgehead atoms. The van der Waals surface area contributed by atoms with E-state index < -0.39 is 0 Å². The maximum absolute atomic E-state index is 4.14. The van der Waals surface area contributed by atoms with Crippen LogP contribution >= 0.6 is 11.5 Å². The molecule has 2 nitrogen and oxygen atoms in total. The molecule has 0 N–H and O–H groups in total. The van der Waals surface area contributed by atoms with Crippen molar-refractivity contribution < 1.29 is 0 Å². The van der Waals surface area contributed by atoms with Crippen molar-refractivity contribution in [2.45, 2.75) is 13.7 Å². The molecule has 0 aliphatic rings. The number of aryl methyl sites for hydroxylation is 1. The normalized spacial score (nSPS) is 9.25. The van der Waals surface area contributed by atoms with Gasteiger partial charge in [0.15, 0.2) is 0 Å². The fraction of sp³-hybridized carbons (Fsp3) is 0.500. The molecule has 0 aromatic carbocycles. The predicted octanol–water partition coefficient (Wildman–Crippen LogP) is -0.0436. The Morgan fingerprint density at radius 1 is 1.62 bits per heavy atom. The first-order valence-electron chi connectivity index (χ1n) is 2.62. The van der Waals surface area contributed by atoms with Crippen LogP contribution in [0.5, 0.6) is 0 Å². The fourth-order valence-electron chi connectivity index (χ4n) is 0.485. The van der Waals surface area contributed by atoms with E-state index in [1.807, 2.05) is 6.92 Å². The lowest BCUT2D eigenvalue weighted by Crippen LogP contribution is -2.14. The molecule has 1 aromatic heterocycles. The van der Waals surface area contributed by atoms with Crippen LogP contribution in [0.3, 0.4) is 0 Å². The van der Waals surface area contributed by atoms with Gasteiger partial charge in [0.2, 0.25) is 7.28 Å². The predicted molar refractivity (Wildman–Crippen MR) is 37.3 cm³/mol. The Morgan fingerprint density at radius 3 is 2.62 bits per heavy atom. The van der Waals surface area contributed by atoms with Crippen LogP contribution < -0.4 is 5.72 Å². The second-order valence-electron chi connectivity index (χ2n) is 1.58. The summed E-state index contributed by atoms with van der Waals surface area (Å²) < 4.78 is 4.06. The van der Waals surface area contributed by atoms with Gasteiger partial charge in [-0.15, -0.1) is 0 Å². The molecule has 4 heteroatoms. The maximum Gasteiger partial charge on any atom is 0.205 e. The molecule has 0 unspecified atom stereocenters. The van der Waals surface area contributed by atoms with Crippen LogP contribution in [-0.4, -0.2) is 16.6 Å². The Kier molecular flexibility index (Phi) is 1.63. The zero-order valence-corrected chi connectivity index (χ0v) is 5.83. The van der Waals surface area contributed by atoms with E-state index in [2.05, 4.69) is 16.2 Å². The summed E-state index contributed by atoms with van der Waals surface area (Å²) in [6.07, 6.45) is 0. The first kappa shape index (κ1) is 5.76. The minimum atomic E-state index is 0.949. The lowest BCUT2D eigenvalue weighted by atomic mass is 9.82. The standard InChI is InChI=1S/C4H7BN2S/c1-3-6-4(5-2)7-8-3/h5H,1-2H3. The van der Waals surface area contributed by atoms with Gasteiger partial charge in [0, 0.05) is 0 Å². The number of aromatic nitrogens is 2. The van der Waals surface area contributed by atoms with Crippen molar-refractivity contribution in [1.29, 1.82) is 0 Å². The van der Waals surface area contributed by atoms with E-state index in [9.17, 15) is 0 Å². The minimum absolute atomic E-state index is 0.949. The summed E-state index contributed by atoms with van der Waals surface area (Å²) in [5.74, 6) is 0. The van der Waals surface area contributed by atoms with Gasteiger partial charge < -0.3 is 0 Å². The molecular formula is C4H7BN2S. The lowest BCUT2D eigenvalue weighted by Gasteiger charge is -1.75. The highest BCUT2D eigenvalue weighted by Gasteiger charge is 1.94. The van der Waals surface area contributed by atoms with E-state index in [0.29, 0.717) is 0 Å². The Labute approximate surface area is 53.4 Å². The summed E-state index contributed by atoms with van der Waals surface area (Å²) in [6.45, 7) is 4.03. The summed E-state index contributed by atoms with van der Waals surface area (Å²) in [7, 11) is 0.949. The Bertz CT molecular complexity index is 174.